The van der Waals surface area contributed by atoms with Crippen molar-refractivity contribution in [2.24, 2.45) is 0 Å². The summed E-state index contributed by atoms with van der Waals surface area (Å²) in [6.07, 6.45) is -5.45. The fraction of sp³-hybridized carbons (Fsp3) is 0.875. The van der Waals surface area contributed by atoms with Gasteiger partial charge in [0, 0.05) is 0 Å². The van der Waals surface area contributed by atoms with Gasteiger partial charge in [0.05, 0.1) is 23.7 Å². The maximum Gasteiger partial charge on any atom is 0.469 e. The van der Waals surface area contributed by atoms with Gasteiger partial charge in [-0.15, -0.1) is 0 Å². The molecule has 0 aromatic heterocycles. The molecule has 0 spiro atoms. The molecule has 12 heteroatoms. The summed E-state index contributed by atoms with van der Waals surface area (Å²) >= 11 is 1.75. The van der Waals surface area contributed by atoms with Crippen LogP contribution in [0.2, 0.25) is 0 Å². The zero-order valence-corrected chi connectivity index (χ0v) is 13.2. The van der Waals surface area contributed by atoms with E-state index >= 15 is 0 Å². The summed E-state index contributed by atoms with van der Waals surface area (Å²) in [5.41, 5.74) is 0. The molecule has 0 aliphatic heterocycles. The third-order valence-electron chi connectivity index (χ3n) is 2.23. The standard InChI is InChI=1S/C8H17INO9P/c9-1-6(13)10-4(2-11)7(14)8(15)5(12)3-19-20(16,17)18/h4-5,7-8,11-12,14-15H,1-3H2,(H,10,13)(H2,16,17,18)/t4-,5+,7+,8+/m0/s1. The van der Waals surface area contributed by atoms with Gasteiger partial charge in [0.25, 0.3) is 0 Å². The van der Waals surface area contributed by atoms with E-state index in [-0.39, 0.29) is 4.43 Å². The average molecular weight is 429 g/mol. The molecule has 0 heterocycles. The molecular formula is C8H17INO9P. The summed E-state index contributed by atoms with van der Waals surface area (Å²) in [4.78, 5) is 28.0. The van der Waals surface area contributed by atoms with Crippen LogP contribution in [0.5, 0.6) is 0 Å². The quantitative estimate of drug-likeness (QED) is 0.115. The number of aliphatic hydroxyl groups excluding tert-OH is 4. The van der Waals surface area contributed by atoms with E-state index in [0.717, 1.165) is 0 Å². The molecule has 1 amide bonds. The second-order valence-corrected chi connectivity index (χ2v) is 5.83. The number of alkyl halides is 1. The van der Waals surface area contributed by atoms with E-state index in [1.165, 1.54) is 0 Å². The number of phosphoric acid groups is 1. The monoisotopic (exact) mass is 429 g/mol. The minimum atomic E-state index is -4.82. The van der Waals surface area contributed by atoms with Gasteiger partial charge in [0.1, 0.15) is 18.3 Å². The molecule has 0 bridgehead atoms. The van der Waals surface area contributed by atoms with Gasteiger partial charge in [-0.1, -0.05) is 22.6 Å². The molecule has 0 rings (SSSR count). The van der Waals surface area contributed by atoms with Gasteiger partial charge in [-0.25, -0.2) is 4.57 Å². The van der Waals surface area contributed by atoms with Gasteiger partial charge in [0.15, 0.2) is 0 Å². The van der Waals surface area contributed by atoms with E-state index in [1.54, 1.807) is 22.6 Å². The zero-order valence-electron chi connectivity index (χ0n) is 10.2. The predicted molar refractivity (Wildman–Crippen MR) is 73.9 cm³/mol. The maximum absolute atomic E-state index is 11.1. The number of amides is 1. The van der Waals surface area contributed by atoms with Crippen molar-refractivity contribution in [2.45, 2.75) is 24.4 Å². The van der Waals surface area contributed by atoms with Crippen molar-refractivity contribution >= 4 is 36.3 Å². The highest BCUT2D eigenvalue weighted by Gasteiger charge is 2.33. The van der Waals surface area contributed by atoms with E-state index in [0.29, 0.717) is 0 Å². The predicted octanol–water partition coefficient (Wildman–Crippen LogP) is -2.91. The van der Waals surface area contributed by atoms with E-state index in [1.807, 2.05) is 0 Å². The number of hydrogen-bond donors (Lipinski definition) is 7. The fourth-order valence-corrected chi connectivity index (χ4v) is 1.79. The number of phosphoric ester groups is 1. The molecule has 0 fully saturated rings. The Kier molecular flexibility index (Phi) is 9.29. The SMILES string of the molecule is O=C(CI)N[C@@H](CO)[C@@H](O)[C@H](O)[C@H](O)COP(=O)(O)O. The van der Waals surface area contributed by atoms with Crippen molar-refractivity contribution < 1.29 is 44.1 Å². The first-order valence-electron chi connectivity index (χ1n) is 5.32. The summed E-state index contributed by atoms with van der Waals surface area (Å²) in [6.45, 7) is -1.63. The van der Waals surface area contributed by atoms with Crippen molar-refractivity contribution in [3.63, 3.8) is 0 Å². The number of nitrogens with one attached hydrogen (secondary N) is 1. The molecule has 0 aromatic carbocycles. The van der Waals surface area contributed by atoms with Crippen molar-refractivity contribution in [1.29, 1.82) is 0 Å². The summed E-state index contributed by atoms with van der Waals surface area (Å²) in [7, 11) is -4.82. The number of carbonyl (C=O) groups is 1. The first kappa shape index (κ1) is 20.1. The Bertz CT molecular complexity index is 351. The number of aliphatic hydroxyl groups is 4. The first-order valence-corrected chi connectivity index (χ1v) is 8.38. The minimum Gasteiger partial charge on any atom is -0.394 e. The average Bonchev–Trinajstić information content (AvgIpc) is 2.39. The second-order valence-electron chi connectivity index (χ2n) is 3.83. The van der Waals surface area contributed by atoms with E-state index in [2.05, 4.69) is 9.84 Å². The molecule has 0 radical (unpaired) electrons. The van der Waals surface area contributed by atoms with Crippen LogP contribution in [0.25, 0.3) is 0 Å². The first-order chi connectivity index (χ1) is 9.12. The van der Waals surface area contributed by atoms with Gasteiger partial charge in [0.2, 0.25) is 5.91 Å². The van der Waals surface area contributed by atoms with Crippen molar-refractivity contribution in [3.05, 3.63) is 0 Å². The van der Waals surface area contributed by atoms with Crippen LogP contribution in [0.4, 0.5) is 0 Å². The van der Waals surface area contributed by atoms with Crippen molar-refractivity contribution in [3.8, 4) is 0 Å². The summed E-state index contributed by atoms with van der Waals surface area (Å²) in [5, 5.41) is 39.9. The Balaban J connectivity index is 4.51. The molecule has 7 N–H and O–H groups in total. The molecule has 10 nitrogen and oxygen atoms in total. The summed E-state index contributed by atoms with van der Waals surface area (Å²) in [6, 6.07) is -1.24. The van der Waals surface area contributed by atoms with Gasteiger partial charge in [-0.3, -0.25) is 9.32 Å². The maximum atomic E-state index is 11.1. The smallest absolute Gasteiger partial charge is 0.394 e. The largest absolute Gasteiger partial charge is 0.469 e. The van der Waals surface area contributed by atoms with Crippen molar-refractivity contribution in [1.82, 2.24) is 5.32 Å². The topological polar surface area (TPSA) is 177 Å². The Labute approximate surface area is 128 Å². The van der Waals surface area contributed by atoms with Crippen LogP contribution in [-0.4, -0.2) is 78.1 Å². The van der Waals surface area contributed by atoms with Gasteiger partial charge in [-0.05, 0) is 0 Å². The van der Waals surface area contributed by atoms with Gasteiger partial charge < -0.3 is 35.5 Å². The minimum absolute atomic E-state index is 0.0565. The molecule has 120 valence electrons. The molecule has 4 atom stereocenters. The van der Waals surface area contributed by atoms with Crippen molar-refractivity contribution in [2.75, 3.05) is 17.6 Å². The number of halogens is 1. The van der Waals surface area contributed by atoms with Gasteiger partial charge in [-0.2, -0.15) is 0 Å². The molecule has 0 saturated carbocycles. The Morgan fingerprint density at radius 1 is 1.25 bits per heavy atom. The number of hydrogen-bond acceptors (Lipinski definition) is 7. The highest BCUT2D eigenvalue weighted by Crippen LogP contribution is 2.35. The lowest BCUT2D eigenvalue weighted by molar-refractivity contribution is -0.124. The molecule has 0 aliphatic rings. The molecule has 0 aromatic rings. The van der Waals surface area contributed by atoms with Crippen LogP contribution in [0.1, 0.15) is 0 Å². The molecule has 0 saturated heterocycles. The molecule has 20 heavy (non-hydrogen) atoms. The third kappa shape index (κ3) is 7.81. The number of carbonyl (C=O) groups excluding carboxylic acids is 1. The van der Waals surface area contributed by atoms with Gasteiger partial charge >= 0.3 is 7.82 Å². The summed E-state index contributed by atoms with van der Waals surface area (Å²) in [5.74, 6) is -0.503. The lowest BCUT2D eigenvalue weighted by atomic mass is 10.0. The van der Waals surface area contributed by atoms with E-state index < -0.39 is 51.3 Å². The molecular weight excluding hydrogens is 412 g/mol. The van der Waals surface area contributed by atoms with Crippen LogP contribution in [0.15, 0.2) is 0 Å². The molecule has 0 unspecified atom stereocenters. The lowest BCUT2D eigenvalue weighted by Crippen LogP contribution is -2.54. The fourth-order valence-electron chi connectivity index (χ4n) is 1.22. The Hall–Kier alpha value is 0.150. The lowest BCUT2D eigenvalue weighted by Gasteiger charge is -2.28. The summed E-state index contributed by atoms with van der Waals surface area (Å²) < 4.78 is 14.5. The van der Waals surface area contributed by atoms with Crippen LogP contribution in [-0.2, 0) is 13.9 Å². The highest BCUT2D eigenvalue weighted by molar-refractivity contribution is 14.1. The highest BCUT2D eigenvalue weighted by atomic mass is 127. The van der Waals surface area contributed by atoms with Crippen LogP contribution >= 0.6 is 30.4 Å². The molecule has 0 aliphatic carbocycles. The van der Waals surface area contributed by atoms with Crippen LogP contribution in [0, 0.1) is 0 Å². The third-order valence-corrected chi connectivity index (χ3v) is 3.41. The van der Waals surface area contributed by atoms with Crippen LogP contribution < -0.4 is 5.32 Å². The van der Waals surface area contributed by atoms with Crippen LogP contribution in [0.3, 0.4) is 0 Å². The Morgan fingerprint density at radius 2 is 1.80 bits per heavy atom. The van der Waals surface area contributed by atoms with E-state index in [9.17, 15) is 24.7 Å². The van der Waals surface area contributed by atoms with E-state index in [4.69, 9.17) is 14.9 Å². The second kappa shape index (κ2) is 9.23. The number of rotatable bonds is 9. The normalized spacial score (nSPS) is 18.1. The zero-order chi connectivity index (χ0) is 15.9. The Morgan fingerprint density at radius 3 is 2.20 bits per heavy atom.